The third kappa shape index (κ3) is 3.31. The van der Waals surface area contributed by atoms with Crippen LogP contribution < -0.4 is 10.7 Å². The quantitative estimate of drug-likeness (QED) is 0.834. The molecule has 1 saturated carbocycles. The number of carbonyl (C=O) groups is 2. The zero-order chi connectivity index (χ0) is 19.2. The fraction of sp³-hybridized carbons (Fsp3) is 0.389. The molecule has 3 rings (SSSR count). The Hall–Kier alpha value is -2.41. The first kappa shape index (κ1) is 18.4. The van der Waals surface area contributed by atoms with Crippen molar-refractivity contribution in [3.05, 3.63) is 45.0 Å². The van der Waals surface area contributed by atoms with Crippen LogP contribution in [-0.2, 0) is 4.79 Å². The Bertz CT molecular complexity index is 966. The summed E-state index contributed by atoms with van der Waals surface area (Å²) in [4.78, 5) is 36.6. The number of aliphatic carboxylic acids is 1. The van der Waals surface area contributed by atoms with E-state index < -0.39 is 29.2 Å². The molecular formula is C18H18ClFN2O4. The summed E-state index contributed by atoms with van der Waals surface area (Å²) in [5.74, 6) is -3.09. The molecule has 1 aliphatic rings. The van der Waals surface area contributed by atoms with Gasteiger partial charge in [0.25, 0.3) is 5.91 Å². The number of nitrogens with zero attached hydrogens (tertiary/aromatic N) is 1. The first-order valence-corrected chi connectivity index (χ1v) is 8.66. The van der Waals surface area contributed by atoms with Crippen LogP contribution in [0.2, 0.25) is 5.02 Å². The molecule has 138 valence electrons. The number of hydrogen-bond acceptors (Lipinski definition) is 3. The van der Waals surface area contributed by atoms with E-state index in [0.717, 1.165) is 18.9 Å². The average Bonchev–Trinajstić information content (AvgIpc) is 3.39. The van der Waals surface area contributed by atoms with E-state index in [0.29, 0.717) is 5.52 Å². The van der Waals surface area contributed by atoms with Gasteiger partial charge in [0.15, 0.2) is 0 Å². The number of rotatable bonds is 5. The molecule has 0 bridgehead atoms. The Kier molecular flexibility index (Phi) is 4.75. The summed E-state index contributed by atoms with van der Waals surface area (Å²) in [5, 5.41) is 11.6. The lowest BCUT2D eigenvalue weighted by molar-refractivity contribution is -0.140. The van der Waals surface area contributed by atoms with Gasteiger partial charge in [0.05, 0.1) is 10.5 Å². The molecular weight excluding hydrogens is 363 g/mol. The minimum absolute atomic E-state index is 0.0443. The van der Waals surface area contributed by atoms with Gasteiger partial charge in [0.1, 0.15) is 17.4 Å². The largest absolute Gasteiger partial charge is 0.480 e. The standard InChI is InChI=1S/C18H18ClFN2O4/c1-8(2)15(18(25)26)21-17(24)11-7-22(9-3-4-9)14-6-12(19)13(20)5-10(14)16(11)23/h5-9,15H,3-4H2,1-2H3,(H,21,24)(H,25,26)/t15-/m1/s1. The second-order valence-electron chi connectivity index (χ2n) is 6.83. The fourth-order valence-electron chi connectivity index (χ4n) is 2.89. The minimum Gasteiger partial charge on any atom is -0.480 e. The Balaban J connectivity index is 2.13. The van der Waals surface area contributed by atoms with Crippen molar-refractivity contribution in [1.29, 1.82) is 0 Å². The van der Waals surface area contributed by atoms with E-state index in [9.17, 15) is 23.9 Å². The molecule has 1 aromatic carbocycles. The minimum atomic E-state index is -1.19. The number of fused-ring (bicyclic) bond motifs is 1. The van der Waals surface area contributed by atoms with E-state index >= 15 is 0 Å². The van der Waals surface area contributed by atoms with Gasteiger partial charge in [-0.25, -0.2) is 9.18 Å². The van der Waals surface area contributed by atoms with E-state index in [2.05, 4.69) is 5.32 Å². The lowest BCUT2D eigenvalue weighted by atomic mass is 10.0. The first-order valence-electron chi connectivity index (χ1n) is 8.28. The third-order valence-corrected chi connectivity index (χ3v) is 4.77. The summed E-state index contributed by atoms with van der Waals surface area (Å²) in [6.45, 7) is 3.30. The topological polar surface area (TPSA) is 88.4 Å². The molecule has 1 atom stereocenters. The van der Waals surface area contributed by atoms with Gasteiger partial charge >= 0.3 is 5.97 Å². The molecule has 0 radical (unpaired) electrons. The van der Waals surface area contributed by atoms with Crippen LogP contribution in [0.25, 0.3) is 10.9 Å². The Morgan fingerprint density at radius 3 is 2.54 bits per heavy atom. The summed E-state index contributed by atoms with van der Waals surface area (Å²) < 4.78 is 15.6. The first-order chi connectivity index (χ1) is 12.2. The van der Waals surface area contributed by atoms with Crippen molar-refractivity contribution in [3.8, 4) is 0 Å². The Morgan fingerprint density at radius 1 is 1.35 bits per heavy atom. The van der Waals surface area contributed by atoms with Gasteiger partial charge in [-0.1, -0.05) is 25.4 Å². The predicted octanol–water partition coefficient (Wildman–Crippen LogP) is 2.97. The van der Waals surface area contributed by atoms with E-state index in [1.54, 1.807) is 18.4 Å². The lowest BCUT2D eigenvalue weighted by Gasteiger charge is -2.19. The third-order valence-electron chi connectivity index (χ3n) is 4.48. The van der Waals surface area contributed by atoms with Crippen molar-refractivity contribution in [2.24, 2.45) is 5.92 Å². The molecule has 1 amide bonds. The van der Waals surface area contributed by atoms with Gasteiger partial charge in [0.2, 0.25) is 5.43 Å². The average molecular weight is 381 g/mol. The second-order valence-corrected chi connectivity index (χ2v) is 7.23. The van der Waals surface area contributed by atoms with Crippen LogP contribution in [0.1, 0.15) is 43.1 Å². The molecule has 1 aromatic heterocycles. The van der Waals surface area contributed by atoms with Gasteiger partial charge in [-0.3, -0.25) is 9.59 Å². The van der Waals surface area contributed by atoms with E-state index in [4.69, 9.17) is 11.6 Å². The summed E-state index contributed by atoms with van der Waals surface area (Å²) in [6, 6.07) is 1.37. The van der Waals surface area contributed by atoms with Crippen LogP contribution in [-0.4, -0.2) is 27.6 Å². The molecule has 1 heterocycles. The predicted molar refractivity (Wildman–Crippen MR) is 95.2 cm³/mol. The van der Waals surface area contributed by atoms with Crippen molar-refractivity contribution < 1.29 is 19.1 Å². The van der Waals surface area contributed by atoms with E-state index in [1.165, 1.54) is 12.3 Å². The highest BCUT2D eigenvalue weighted by Crippen LogP contribution is 2.37. The molecule has 0 saturated heterocycles. The molecule has 0 aliphatic heterocycles. The number of aromatic nitrogens is 1. The smallest absolute Gasteiger partial charge is 0.326 e. The van der Waals surface area contributed by atoms with Crippen molar-refractivity contribution in [3.63, 3.8) is 0 Å². The van der Waals surface area contributed by atoms with E-state index in [1.807, 2.05) is 0 Å². The fourth-order valence-corrected chi connectivity index (χ4v) is 3.05. The van der Waals surface area contributed by atoms with Crippen molar-refractivity contribution >= 4 is 34.4 Å². The number of carboxylic acids is 1. The van der Waals surface area contributed by atoms with Gasteiger partial charge in [-0.2, -0.15) is 0 Å². The maximum Gasteiger partial charge on any atom is 0.326 e. The maximum atomic E-state index is 13.9. The summed E-state index contributed by atoms with van der Waals surface area (Å²) in [6.07, 6.45) is 3.15. The highest BCUT2D eigenvalue weighted by atomic mass is 35.5. The molecule has 6 nitrogen and oxygen atoms in total. The van der Waals surface area contributed by atoms with Crippen LogP contribution in [0.4, 0.5) is 4.39 Å². The highest BCUT2D eigenvalue weighted by molar-refractivity contribution is 6.31. The summed E-state index contributed by atoms with van der Waals surface area (Å²) in [5.41, 5.74) is -0.407. The molecule has 1 fully saturated rings. The van der Waals surface area contributed by atoms with Crippen LogP contribution in [0.15, 0.2) is 23.1 Å². The highest BCUT2D eigenvalue weighted by Gasteiger charge is 2.29. The SMILES string of the molecule is CC(C)[C@@H](NC(=O)c1cn(C2CC2)c2cc(Cl)c(F)cc2c1=O)C(=O)O. The monoisotopic (exact) mass is 380 g/mol. The van der Waals surface area contributed by atoms with Crippen molar-refractivity contribution in [2.75, 3.05) is 0 Å². The molecule has 26 heavy (non-hydrogen) atoms. The van der Waals surface area contributed by atoms with Crippen LogP contribution in [0.5, 0.6) is 0 Å². The molecule has 0 spiro atoms. The molecule has 0 unspecified atom stereocenters. The van der Waals surface area contributed by atoms with Gasteiger partial charge < -0.3 is 15.0 Å². The van der Waals surface area contributed by atoms with E-state index in [-0.39, 0.29) is 27.9 Å². The number of carboxylic acid groups (broad SMARTS) is 1. The number of amides is 1. The number of nitrogens with one attached hydrogen (secondary N) is 1. The van der Waals surface area contributed by atoms with Crippen LogP contribution in [0, 0.1) is 11.7 Å². The molecule has 1 aliphatic carbocycles. The van der Waals surface area contributed by atoms with Crippen LogP contribution in [0.3, 0.4) is 0 Å². The Labute approximate surface area is 153 Å². The normalized spacial score (nSPS) is 15.3. The second kappa shape index (κ2) is 6.72. The molecule has 8 heteroatoms. The zero-order valence-corrected chi connectivity index (χ0v) is 15.0. The molecule has 2 aromatic rings. The molecule has 2 N–H and O–H groups in total. The van der Waals surface area contributed by atoms with Gasteiger partial charge in [0, 0.05) is 17.6 Å². The zero-order valence-electron chi connectivity index (χ0n) is 14.3. The lowest BCUT2D eigenvalue weighted by Crippen LogP contribution is -2.45. The number of carbonyl (C=O) groups excluding carboxylic acids is 1. The number of halogens is 2. The number of benzene rings is 1. The Morgan fingerprint density at radius 2 is 2.00 bits per heavy atom. The maximum absolute atomic E-state index is 13.9. The number of hydrogen-bond donors (Lipinski definition) is 2. The summed E-state index contributed by atoms with van der Waals surface area (Å²) >= 11 is 5.84. The number of pyridine rings is 1. The van der Waals surface area contributed by atoms with Gasteiger partial charge in [-0.05, 0) is 30.9 Å². The van der Waals surface area contributed by atoms with Gasteiger partial charge in [-0.15, -0.1) is 0 Å². The van der Waals surface area contributed by atoms with Crippen molar-refractivity contribution in [1.82, 2.24) is 9.88 Å². The summed E-state index contributed by atoms with van der Waals surface area (Å²) in [7, 11) is 0. The van der Waals surface area contributed by atoms with Crippen molar-refractivity contribution in [2.45, 2.75) is 38.8 Å². The van der Waals surface area contributed by atoms with Crippen LogP contribution >= 0.6 is 11.6 Å².